The van der Waals surface area contributed by atoms with E-state index in [1.54, 1.807) is 50.1 Å². The van der Waals surface area contributed by atoms with E-state index in [4.69, 9.17) is 31.5 Å². The van der Waals surface area contributed by atoms with Gasteiger partial charge < -0.3 is 24.8 Å². The predicted octanol–water partition coefficient (Wildman–Crippen LogP) is 2.57. The topological polar surface area (TPSA) is 91.1 Å². The molecule has 1 aliphatic rings. The second-order valence-electron chi connectivity index (χ2n) is 6.08. The number of ether oxygens (including phenoxy) is 3. The molecule has 0 radical (unpaired) electrons. The average molecular weight is 409 g/mol. The molecule has 1 aliphatic heterocycles. The third-order valence-electron chi connectivity index (χ3n) is 4.48. The van der Waals surface area contributed by atoms with Crippen molar-refractivity contribution in [2.75, 3.05) is 33.9 Å². The summed E-state index contributed by atoms with van der Waals surface area (Å²) < 4.78 is 16.1. The predicted molar refractivity (Wildman–Crippen MR) is 105 cm³/mol. The molecule has 2 N–H and O–H groups in total. The number of nitrogens with two attached hydrogens (primary N) is 1. The molecular weight excluding hydrogens is 384 g/mol. The Bertz CT molecular complexity index is 819. The molecule has 1 unspecified atom stereocenters. The van der Waals surface area contributed by atoms with Crippen molar-refractivity contribution in [2.45, 2.75) is 19.8 Å². The quantitative estimate of drug-likeness (QED) is 0.693. The van der Waals surface area contributed by atoms with E-state index in [0.717, 1.165) is 0 Å². The SMILES string of the molecule is CCOC(=O)C1=C(C)N(C)C(OCCN)=C(C(=O)OC)C1c1ccccc1Cl. The molecule has 28 heavy (non-hydrogen) atoms. The lowest BCUT2D eigenvalue weighted by Crippen LogP contribution is -2.35. The highest BCUT2D eigenvalue weighted by Gasteiger charge is 2.42. The van der Waals surface area contributed by atoms with Crippen LogP contribution in [0, 0.1) is 0 Å². The monoisotopic (exact) mass is 408 g/mol. The van der Waals surface area contributed by atoms with Gasteiger partial charge >= 0.3 is 11.9 Å². The van der Waals surface area contributed by atoms with Gasteiger partial charge in [0.25, 0.3) is 0 Å². The molecule has 0 aliphatic carbocycles. The molecule has 0 amide bonds. The number of benzene rings is 1. The Kier molecular flexibility index (Phi) is 7.48. The summed E-state index contributed by atoms with van der Waals surface area (Å²) in [7, 11) is 2.97. The van der Waals surface area contributed by atoms with Gasteiger partial charge in [0.15, 0.2) is 0 Å². The molecule has 1 aromatic rings. The first-order valence-corrected chi connectivity index (χ1v) is 9.28. The Morgan fingerprint density at radius 3 is 2.46 bits per heavy atom. The maximum atomic E-state index is 12.8. The zero-order valence-corrected chi connectivity index (χ0v) is 17.2. The van der Waals surface area contributed by atoms with Crippen molar-refractivity contribution in [1.29, 1.82) is 0 Å². The Morgan fingerprint density at radius 1 is 1.21 bits per heavy atom. The summed E-state index contributed by atoms with van der Waals surface area (Å²) >= 11 is 6.43. The molecule has 7 nitrogen and oxygen atoms in total. The van der Waals surface area contributed by atoms with Crippen molar-refractivity contribution >= 4 is 23.5 Å². The van der Waals surface area contributed by atoms with Gasteiger partial charge in [-0.2, -0.15) is 0 Å². The Balaban J connectivity index is 2.79. The number of carbonyl (C=O) groups excluding carboxylic acids is 2. The van der Waals surface area contributed by atoms with E-state index in [1.165, 1.54) is 7.11 Å². The summed E-state index contributed by atoms with van der Waals surface area (Å²) in [5.41, 5.74) is 7.21. The van der Waals surface area contributed by atoms with Crippen LogP contribution in [-0.4, -0.2) is 50.8 Å². The number of hydrogen-bond donors (Lipinski definition) is 1. The lowest BCUT2D eigenvalue weighted by atomic mass is 9.81. The molecule has 1 aromatic carbocycles. The molecule has 2 rings (SSSR count). The van der Waals surface area contributed by atoms with Crippen molar-refractivity contribution in [3.63, 3.8) is 0 Å². The second-order valence-corrected chi connectivity index (χ2v) is 6.49. The molecule has 0 bridgehead atoms. The minimum atomic E-state index is -0.802. The Labute approximate surface area is 169 Å². The van der Waals surface area contributed by atoms with Crippen LogP contribution in [0.25, 0.3) is 0 Å². The molecule has 8 heteroatoms. The van der Waals surface area contributed by atoms with E-state index in [2.05, 4.69) is 0 Å². The van der Waals surface area contributed by atoms with E-state index >= 15 is 0 Å². The Morgan fingerprint density at radius 2 is 1.89 bits per heavy atom. The first kappa shape index (κ1) is 21.8. The first-order valence-electron chi connectivity index (χ1n) is 8.90. The number of carbonyl (C=O) groups is 2. The van der Waals surface area contributed by atoms with Crippen LogP contribution in [0.1, 0.15) is 25.3 Å². The van der Waals surface area contributed by atoms with Crippen molar-refractivity contribution in [3.05, 3.63) is 57.6 Å². The number of halogens is 1. The van der Waals surface area contributed by atoms with Gasteiger partial charge in [-0.25, -0.2) is 9.59 Å². The smallest absolute Gasteiger partial charge is 0.340 e. The normalized spacial score (nSPS) is 16.9. The summed E-state index contributed by atoms with van der Waals surface area (Å²) in [6.07, 6.45) is 0. The zero-order valence-electron chi connectivity index (χ0n) is 16.5. The minimum Gasteiger partial charge on any atom is -0.477 e. The fourth-order valence-electron chi connectivity index (χ4n) is 3.13. The van der Waals surface area contributed by atoms with Crippen LogP contribution < -0.4 is 5.73 Å². The van der Waals surface area contributed by atoms with Gasteiger partial charge in [0, 0.05) is 24.3 Å². The van der Waals surface area contributed by atoms with Gasteiger partial charge in [-0.15, -0.1) is 0 Å². The number of esters is 2. The third-order valence-corrected chi connectivity index (χ3v) is 4.82. The molecule has 1 atom stereocenters. The van der Waals surface area contributed by atoms with Crippen LogP contribution in [0.3, 0.4) is 0 Å². The number of hydrogen-bond acceptors (Lipinski definition) is 7. The standard InChI is InChI=1S/C20H25ClN2O5/c1-5-27-20(25)15-12(2)23(3)18(28-11-10-22)17(19(24)26-4)16(15)13-8-6-7-9-14(13)21/h6-9,16H,5,10-11,22H2,1-4H3. The van der Waals surface area contributed by atoms with Crippen molar-refractivity contribution in [3.8, 4) is 0 Å². The lowest BCUT2D eigenvalue weighted by Gasteiger charge is -2.36. The van der Waals surface area contributed by atoms with Crippen molar-refractivity contribution < 1.29 is 23.8 Å². The number of allylic oxidation sites excluding steroid dienone is 1. The fourth-order valence-corrected chi connectivity index (χ4v) is 3.38. The molecule has 1 heterocycles. The average Bonchev–Trinajstić information content (AvgIpc) is 2.68. The number of rotatable bonds is 7. The highest BCUT2D eigenvalue weighted by atomic mass is 35.5. The highest BCUT2D eigenvalue weighted by Crippen LogP contribution is 2.44. The second kappa shape index (κ2) is 9.61. The third kappa shape index (κ3) is 4.15. The minimum absolute atomic E-state index is 0.167. The molecule has 0 saturated carbocycles. The van der Waals surface area contributed by atoms with Gasteiger partial charge in [0.1, 0.15) is 12.2 Å². The maximum absolute atomic E-state index is 12.8. The summed E-state index contributed by atoms with van der Waals surface area (Å²) in [5, 5.41) is 0.409. The van der Waals surface area contributed by atoms with Gasteiger partial charge in [-0.3, -0.25) is 0 Å². The summed E-state index contributed by atoms with van der Waals surface area (Å²) in [5.74, 6) is -1.69. The maximum Gasteiger partial charge on any atom is 0.340 e. The largest absolute Gasteiger partial charge is 0.477 e. The zero-order chi connectivity index (χ0) is 20.8. The van der Waals surface area contributed by atoms with Crippen molar-refractivity contribution in [1.82, 2.24) is 4.90 Å². The molecular formula is C20H25ClN2O5. The lowest BCUT2D eigenvalue weighted by molar-refractivity contribution is -0.139. The fraction of sp³-hybridized carbons (Fsp3) is 0.400. The first-order chi connectivity index (χ1) is 13.4. The van der Waals surface area contributed by atoms with Gasteiger partial charge in [-0.05, 0) is 25.5 Å². The van der Waals surface area contributed by atoms with Crippen LogP contribution >= 0.6 is 11.6 Å². The van der Waals surface area contributed by atoms with Crippen LogP contribution in [0.5, 0.6) is 0 Å². The van der Waals surface area contributed by atoms with Gasteiger partial charge in [0.2, 0.25) is 5.88 Å². The summed E-state index contributed by atoms with van der Waals surface area (Å²) in [6.45, 7) is 4.13. The molecule has 0 spiro atoms. The van der Waals surface area contributed by atoms with Gasteiger partial charge in [-0.1, -0.05) is 29.8 Å². The van der Waals surface area contributed by atoms with E-state index in [1.807, 2.05) is 0 Å². The van der Waals surface area contributed by atoms with Crippen LogP contribution in [0.2, 0.25) is 5.02 Å². The molecule has 0 saturated heterocycles. The van der Waals surface area contributed by atoms with Crippen molar-refractivity contribution in [2.24, 2.45) is 5.73 Å². The number of methoxy groups -OCH3 is 1. The summed E-state index contributed by atoms with van der Waals surface area (Å²) in [4.78, 5) is 27.2. The number of nitrogens with zero attached hydrogens (tertiary/aromatic N) is 1. The molecule has 152 valence electrons. The van der Waals surface area contributed by atoms with Gasteiger partial charge in [0.05, 0.1) is 25.2 Å². The highest BCUT2D eigenvalue weighted by molar-refractivity contribution is 6.31. The van der Waals surface area contributed by atoms with E-state index in [-0.39, 0.29) is 31.2 Å². The summed E-state index contributed by atoms with van der Waals surface area (Å²) in [6, 6.07) is 7.01. The van der Waals surface area contributed by atoms with Crippen LogP contribution in [-0.2, 0) is 23.8 Å². The van der Waals surface area contributed by atoms with Crippen LogP contribution in [0.4, 0.5) is 0 Å². The van der Waals surface area contributed by atoms with E-state index in [0.29, 0.717) is 21.9 Å². The molecule has 0 aromatic heterocycles. The Hall–Kier alpha value is -2.51. The molecule has 0 fully saturated rings. The van der Waals surface area contributed by atoms with Crippen LogP contribution in [0.15, 0.2) is 47.0 Å². The van der Waals surface area contributed by atoms with E-state index in [9.17, 15) is 9.59 Å². The van der Waals surface area contributed by atoms with E-state index < -0.39 is 17.9 Å².